The predicted molar refractivity (Wildman–Crippen MR) is 109 cm³/mol. The molecule has 146 valence electrons. The number of rotatable bonds is 8. The molecular weight excluding hydrogens is 356 g/mol. The molecule has 6 heteroatoms. The molecule has 0 aliphatic carbocycles. The van der Waals surface area contributed by atoms with E-state index in [1.165, 1.54) is 6.08 Å². The van der Waals surface area contributed by atoms with Gasteiger partial charge in [0.25, 0.3) is 5.91 Å². The highest BCUT2D eigenvalue weighted by Crippen LogP contribution is 2.30. The van der Waals surface area contributed by atoms with Gasteiger partial charge in [-0.05, 0) is 68.8 Å². The third kappa shape index (κ3) is 5.78. The molecule has 2 aromatic carbocycles. The Hall–Kier alpha value is -3.46. The fourth-order valence-corrected chi connectivity index (χ4v) is 2.42. The van der Waals surface area contributed by atoms with Crippen LogP contribution >= 0.6 is 0 Å². The lowest BCUT2D eigenvalue weighted by Crippen LogP contribution is -2.13. The Morgan fingerprint density at radius 3 is 2.46 bits per heavy atom. The van der Waals surface area contributed by atoms with Crippen molar-refractivity contribution in [3.05, 3.63) is 53.6 Å². The maximum Gasteiger partial charge on any atom is 0.266 e. The molecule has 0 spiro atoms. The molecular formula is C22H24N2O4. The van der Waals surface area contributed by atoms with Crippen LogP contribution in [0.2, 0.25) is 0 Å². The molecule has 0 aliphatic rings. The Kier molecular flexibility index (Phi) is 7.46. The molecule has 2 aromatic rings. The Balaban J connectivity index is 2.23. The van der Waals surface area contributed by atoms with Crippen molar-refractivity contribution in [2.75, 3.05) is 19.0 Å². The fourth-order valence-electron chi connectivity index (χ4n) is 2.42. The van der Waals surface area contributed by atoms with Crippen molar-refractivity contribution in [1.29, 1.82) is 5.26 Å². The molecule has 2 rings (SSSR count). The summed E-state index contributed by atoms with van der Waals surface area (Å²) >= 11 is 0. The first-order chi connectivity index (χ1) is 13.5. The minimum atomic E-state index is -0.492. The second-order valence-electron chi connectivity index (χ2n) is 6.16. The van der Waals surface area contributed by atoms with Gasteiger partial charge in [0.15, 0.2) is 11.5 Å². The number of nitriles is 1. The monoisotopic (exact) mass is 380 g/mol. The average molecular weight is 380 g/mol. The van der Waals surface area contributed by atoms with Gasteiger partial charge in [0.2, 0.25) is 0 Å². The summed E-state index contributed by atoms with van der Waals surface area (Å²) in [5.41, 5.74) is 1.22. The summed E-state index contributed by atoms with van der Waals surface area (Å²) in [6.45, 7) is 6.22. The van der Waals surface area contributed by atoms with Crippen LogP contribution in [0.1, 0.15) is 26.3 Å². The van der Waals surface area contributed by atoms with Crippen LogP contribution in [0.3, 0.4) is 0 Å². The van der Waals surface area contributed by atoms with E-state index in [0.29, 0.717) is 35.1 Å². The lowest BCUT2D eigenvalue weighted by Gasteiger charge is -2.15. The van der Waals surface area contributed by atoms with Crippen molar-refractivity contribution in [1.82, 2.24) is 0 Å². The Labute approximate surface area is 165 Å². The third-order valence-corrected chi connectivity index (χ3v) is 3.65. The Morgan fingerprint density at radius 2 is 1.89 bits per heavy atom. The zero-order chi connectivity index (χ0) is 20.5. The number of ether oxygens (including phenoxy) is 3. The smallest absolute Gasteiger partial charge is 0.266 e. The number of anilines is 1. The number of carbonyl (C=O) groups is 1. The lowest BCUT2D eigenvalue weighted by atomic mass is 10.1. The van der Waals surface area contributed by atoms with Gasteiger partial charge in [-0.2, -0.15) is 5.26 Å². The molecule has 0 fully saturated rings. The molecule has 0 aromatic heterocycles. The molecule has 0 radical (unpaired) electrons. The van der Waals surface area contributed by atoms with Gasteiger partial charge in [-0.15, -0.1) is 0 Å². The first-order valence-electron chi connectivity index (χ1n) is 8.97. The highest BCUT2D eigenvalue weighted by Gasteiger charge is 2.12. The molecule has 0 saturated heterocycles. The summed E-state index contributed by atoms with van der Waals surface area (Å²) in [5, 5.41) is 12.1. The van der Waals surface area contributed by atoms with Crippen LogP contribution in [0.25, 0.3) is 6.08 Å². The van der Waals surface area contributed by atoms with Crippen molar-refractivity contribution < 1.29 is 19.0 Å². The van der Waals surface area contributed by atoms with E-state index in [9.17, 15) is 10.1 Å². The summed E-state index contributed by atoms with van der Waals surface area (Å²) < 4.78 is 16.4. The van der Waals surface area contributed by atoms with Crippen LogP contribution in [0.15, 0.2) is 48.0 Å². The molecule has 28 heavy (non-hydrogen) atoms. The van der Waals surface area contributed by atoms with E-state index in [1.807, 2.05) is 26.8 Å². The van der Waals surface area contributed by atoms with Crippen LogP contribution in [0, 0.1) is 11.3 Å². The van der Waals surface area contributed by atoms with E-state index in [-0.39, 0.29) is 11.7 Å². The minimum absolute atomic E-state index is 0.00513. The van der Waals surface area contributed by atoms with Gasteiger partial charge in [-0.25, -0.2) is 0 Å². The quantitative estimate of drug-likeness (QED) is 0.541. The first-order valence-corrected chi connectivity index (χ1v) is 8.97. The number of hydrogen-bond donors (Lipinski definition) is 1. The molecule has 6 nitrogen and oxygen atoms in total. The van der Waals surface area contributed by atoms with Crippen LogP contribution in [-0.4, -0.2) is 25.7 Å². The third-order valence-electron chi connectivity index (χ3n) is 3.65. The average Bonchev–Trinajstić information content (AvgIpc) is 2.68. The Morgan fingerprint density at radius 1 is 1.18 bits per heavy atom. The molecule has 1 amide bonds. The van der Waals surface area contributed by atoms with E-state index in [0.717, 1.165) is 0 Å². The van der Waals surface area contributed by atoms with Gasteiger partial charge in [-0.1, -0.05) is 6.07 Å². The Bertz CT molecular complexity index is 880. The zero-order valence-corrected chi connectivity index (χ0v) is 16.5. The van der Waals surface area contributed by atoms with Gasteiger partial charge >= 0.3 is 0 Å². The molecule has 0 heterocycles. The maximum atomic E-state index is 12.4. The topological polar surface area (TPSA) is 80.6 Å². The van der Waals surface area contributed by atoms with Crippen LogP contribution in [0.4, 0.5) is 5.69 Å². The summed E-state index contributed by atoms with van der Waals surface area (Å²) in [6.07, 6.45) is 1.52. The fraction of sp³-hybridized carbons (Fsp3) is 0.273. The lowest BCUT2D eigenvalue weighted by molar-refractivity contribution is -0.112. The summed E-state index contributed by atoms with van der Waals surface area (Å²) in [5.74, 6) is 1.38. The maximum absolute atomic E-state index is 12.4. The standard InChI is InChI=1S/C22H24N2O4/c1-5-27-21-13-16(6-11-20(21)28-15(2)3)12-17(14-23)22(25)24-18-7-9-19(26-4)10-8-18/h6-13,15H,5H2,1-4H3,(H,24,25)/b17-12+. The highest BCUT2D eigenvalue weighted by atomic mass is 16.5. The van der Waals surface area contributed by atoms with Crippen LogP contribution < -0.4 is 19.5 Å². The molecule has 0 unspecified atom stereocenters. The van der Waals surface area contributed by atoms with E-state index in [4.69, 9.17) is 14.2 Å². The van der Waals surface area contributed by atoms with Gasteiger partial charge in [-0.3, -0.25) is 4.79 Å². The number of benzene rings is 2. The van der Waals surface area contributed by atoms with Crippen molar-refractivity contribution >= 4 is 17.7 Å². The van der Waals surface area contributed by atoms with Crippen molar-refractivity contribution in [2.45, 2.75) is 26.9 Å². The van der Waals surface area contributed by atoms with Crippen molar-refractivity contribution in [3.63, 3.8) is 0 Å². The number of hydrogen-bond acceptors (Lipinski definition) is 5. The molecule has 1 N–H and O–H groups in total. The summed E-state index contributed by atoms with van der Waals surface area (Å²) in [4.78, 5) is 12.4. The first kappa shape index (κ1) is 20.8. The van der Waals surface area contributed by atoms with Gasteiger partial charge in [0.05, 0.1) is 19.8 Å². The second kappa shape index (κ2) is 10.0. The van der Waals surface area contributed by atoms with Crippen LogP contribution in [-0.2, 0) is 4.79 Å². The zero-order valence-electron chi connectivity index (χ0n) is 16.5. The number of carbonyl (C=O) groups excluding carboxylic acids is 1. The van der Waals surface area contributed by atoms with Crippen molar-refractivity contribution in [2.24, 2.45) is 0 Å². The molecule has 0 saturated carbocycles. The van der Waals surface area contributed by atoms with Gasteiger partial charge in [0, 0.05) is 5.69 Å². The predicted octanol–water partition coefficient (Wildman–Crippen LogP) is 4.43. The molecule has 0 atom stereocenters. The second-order valence-corrected chi connectivity index (χ2v) is 6.16. The van der Waals surface area contributed by atoms with E-state index in [2.05, 4.69) is 5.32 Å². The van der Waals surface area contributed by atoms with Gasteiger partial charge < -0.3 is 19.5 Å². The largest absolute Gasteiger partial charge is 0.497 e. The van der Waals surface area contributed by atoms with Crippen LogP contribution in [0.5, 0.6) is 17.2 Å². The SMILES string of the molecule is CCOc1cc(/C=C(\C#N)C(=O)Nc2ccc(OC)cc2)ccc1OC(C)C. The number of amides is 1. The van der Waals surface area contributed by atoms with E-state index >= 15 is 0 Å². The number of methoxy groups -OCH3 is 1. The van der Waals surface area contributed by atoms with E-state index < -0.39 is 5.91 Å². The molecule has 0 bridgehead atoms. The number of nitrogens with zero attached hydrogens (tertiary/aromatic N) is 1. The summed E-state index contributed by atoms with van der Waals surface area (Å²) in [7, 11) is 1.57. The van der Waals surface area contributed by atoms with E-state index in [1.54, 1.807) is 49.6 Å². The molecule has 0 aliphatic heterocycles. The van der Waals surface area contributed by atoms with Crippen molar-refractivity contribution in [3.8, 4) is 23.3 Å². The number of nitrogens with one attached hydrogen (secondary N) is 1. The normalized spacial score (nSPS) is 10.9. The summed E-state index contributed by atoms with van der Waals surface area (Å²) in [6, 6.07) is 14.1. The highest BCUT2D eigenvalue weighted by molar-refractivity contribution is 6.09. The minimum Gasteiger partial charge on any atom is -0.497 e. The van der Waals surface area contributed by atoms with Gasteiger partial charge in [0.1, 0.15) is 17.4 Å².